The minimum Gasteiger partial charge on any atom is -0.466 e. The highest BCUT2D eigenvalue weighted by Gasteiger charge is 2.16. The normalized spacial score (nSPS) is 20.3. The van der Waals surface area contributed by atoms with Gasteiger partial charge < -0.3 is 9.47 Å². The van der Waals surface area contributed by atoms with Gasteiger partial charge in [-0.3, -0.25) is 4.90 Å². The summed E-state index contributed by atoms with van der Waals surface area (Å²) in [5.74, 6) is -0.256. The second-order valence-corrected chi connectivity index (χ2v) is 3.34. The molecule has 0 amide bonds. The third kappa shape index (κ3) is 3.47. The van der Waals surface area contributed by atoms with Gasteiger partial charge >= 0.3 is 5.97 Å². The van der Waals surface area contributed by atoms with E-state index in [1.165, 1.54) is 7.11 Å². The zero-order valence-corrected chi connectivity index (χ0v) is 8.78. The molecule has 4 heteroatoms. The lowest BCUT2D eigenvalue weighted by Gasteiger charge is -2.12. The molecule has 0 aromatic carbocycles. The second kappa shape index (κ2) is 5.78. The van der Waals surface area contributed by atoms with Gasteiger partial charge in [-0.2, -0.15) is 0 Å². The lowest BCUT2D eigenvalue weighted by atomic mass is 10.2. The van der Waals surface area contributed by atoms with Crippen molar-refractivity contribution in [1.82, 2.24) is 4.90 Å². The fourth-order valence-electron chi connectivity index (χ4n) is 1.50. The van der Waals surface area contributed by atoms with E-state index in [0.717, 1.165) is 38.2 Å². The van der Waals surface area contributed by atoms with Crippen LogP contribution in [-0.4, -0.2) is 51.3 Å². The Bertz CT molecular complexity index is 225. The molecule has 80 valence electrons. The molecule has 0 radical (unpaired) electrons. The predicted octanol–water partition coefficient (Wildman–Crippen LogP) is 0.438. The Balaban J connectivity index is 2.33. The average Bonchev–Trinajstić information content (AvgIpc) is 2.62. The van der Waals surface area contributed by atoms with E-state index in [9.17, 15) is 4.79 Å². The number of hydrogen-bond acceptors (Lipinski definition) is 4. The van der Waals surface area contributed by atoms with Crippen LogP contribution < -0.4 is 0 Å². The molecule has 1 heterocycles. The van der Waals surface area contributed by atoms with E-state index in [-0.39, 0.29) is 5.97 Å². The average molecular weight is 199 g/mol. The number of esters is 1. The number of nitrogens with zero attached hydrogens (tertiary/aromatic N) is 1. The van der Waals surface area contributed by atoms with E-state index in [1.807, 2.05) is 0 Å². The minimum absolute atomic E-state index is 0.256. The topological polar surface area (TPSA) is 38.8 Å². The molecule has 1 fully saturated rings. The summed E-state index contributed by atoms with van der Waals surface area (Å²) in [7, 11) is 3.10. The highest BCUT2D eigenvalue weighted by molar-refractivity contribution is 5.82. The lowest BCUT2D eigenvalue weighted by Crippen LogP contribution is -2.23. The summed E-state index contributed by atoms with van der Waals surface area (Å²) >= 11 is 0. The first-order valence-electron chi connectivity index (χ1n) is 4.75. The Morgan fingerprint density at radius 2 is 2.36 bits per heavy atom. The Kier molecular flexibility index (Phi) is 4.62. The molecule has 0 spiro atoms. The molecule has 0 aromatic rings. The molecule has 0 saturated carbocycles. The fourth-order valence-corrected chi connectivity index (χ4v) is 1.50. The standard InChI is InChI=1S/C10H17NO3/c1-13-6-5-11-4-3-9(8-11)7-10(12)14-2/h7H,3-6,8H2,1-2H3/b9-7-. The molecule has 0 N–H and O–H groups in total. The monoisotopic (exact) mass is 199 g/mol. The fraction of sp³-hybridized carbons (Fsp3) is 0.700. The van der Waals surface area contributed by atoms with E-state index in [2.05, 4.69) is 9.64 Å². The van der Waals surface area contributed by atoms with Gasteiger partial charge in [-0.05, 0) is 12.0 Å². The summed E-state index contributed by atoms with van der Waals surface area (Å²) in [5.41, 5.74) is 1.15. The summed E-state index contributed by atoms with van der Waals surface area (Å²) < 4.78 is 9.56. The van der Waals surface area contributed by atoms with Crippen LogP contribution in [0.25, 0.3) is 0 Å². The molecule has 0 aromatic heterocycles. The van der Waals surface area contributed by atoms with E-state index < -0.39 is 0 Å². The lowest BCUT2D eigenvalue weighted by molar-refractivity contribution is -0.134. The maximum atomic E-state index is 10.9. The van der Waals surface area contributed by atoms with Crippen molar-refractivity contribution in [1.29, 1.82) is 0 Å². The number of carbonyl (C=O) groups excluding carboxylic acids is 1. The molecule has 0 bridgehead atoms. The maximum Gasteiger partial charge on any atom is 0.330 e. The number of rotatable bonds is 4. The molecule has 4 nitrogen and oxygen atoms in total. The van der Waals surface area contributed by atoms with Crippen molar-refractivity contribution < 1.29 is 14.3 Å². The number of methoxy groups -OCH3 is 2. The molecular weight excluding hydrogens is 182 g/mol. The highest BCUT2D eigenvalue weighted by Crippen LogP contribution is 2.14. The summed E-state index contributed by atoms with van der Waals surface area (Å²) in [6, 6.07) is 0. The molecule has 0 unspecified atom stereocenters. The molecule has 0 atom stereocenters. The van der Waals surface area contributed by atoms with Crippen molar-refractivity contribution in [2.75, 3.05) is 40.5 Å². The Morgan fingerprint density at radius 1 is 1.57 bits per heavy atom. The van der Waals surface area contributed by atoms with E-state index in [0.29, 0.717) is 0 Å². The molecule has 1 aliphatic heterocycles. The third-order valence-electron chi connectivity index (χ3n) is 2.31. The summed E-state index contributed by atoms with van der Waals surface area (Å²) in [5, 5.41) is 0. The van der Waals surface area contributed by atoms with E-state index in [4.69, 9.17) is 4.74 Å². The molecule has 1 saturated heterocycles. The molecule has 14 heavy (non-hydrogen) atoms. The number of likely N-dealkylation sites (tertiary alicyclic amines) is 1. The highest BCUT2D eigenvalue weighted by atomic mass is 16.5. The van der Waals surface area contributed by atoms with Gasteiger partial charge in [-0.15, -0.1) is 0 Å². The van der Waals surface area contributed by atoms with Gasteiger partial charge in [0.1, 0.15) is 0 Å². The Morgan fingerprint density at radius 3 is 3.00 bits per heavy atom. The molecule has 1 rings (SSSR count). The van der Waals surface area contributed by atoms with Crippen LogP contribution in [-0.2, 0) is 14.3 Å². The minimum atomic E-state index is -0.256. The van der Waals surface area contributed by atoms with Gasteiger partial charge in [0.15, 0.2) is 0 Å². The van der Waals surface area contributed by atoms with Crippen LogP contribution in [0.4, 0.5) is 0 Å². The van der Waals surface area contributed by atoms with Gasteiger partial charge in [-0.1, -0.05) is 0 Å². The number of ether oxygens (including phenoxy) is 2. The van der Waals surface area contributed by atoms with Gasteiger partial charge in [0.05, 0.1) is 13.7 Å². The largest absolute Gasteiger partial charge is 0.466 e. The van der Waals surface area contributed by atoms with E-state index >= 15 is 0 Å². The van der Waals surface area contributed by atoms with Gasteiger partial charge in [0, 0.05) is 32.8 Å². The van der Waals surface area contributed by atoms with Gasteiger partial charge in [-0.25, -0.2) is 4.79 Å². The molecule has 1 aliphatic rings. The van der Waals surface area contributed by atoms with Crippen LogP contribution in [0.3, 0.4) is 0 Å². The zero-order valence-electron chi connectivity index (χ0n) is 8.78. The zero-order chi connectivity index (χ0) is 10.4. The first-order chi connectivity index (χ1) is 6.76. The van der Waals surface area contributed by atoms with Crippen LogP contribution >= 0.6 is 0 Å². The van der Waals surface area contributed by atoms with Gasteiger partial charge in [0.25, 0.3) is 0 Å². The Labute approximate surface area is 84.5 Å². The van der Waals surface area contributed by atoms with Crippen LogP contribution in [0.1, 0.15) is 6.42 Å². The Hall–Kier alpha value is -0.870. The first kappa shape index (κ1) is 11.2. The summed E-state index contributed by atoms with van der Waals surface area (Å²) in [6.07, 6.45) is 2.55. The summed E-state index contributed by atoms with van der Waals surface area (Å²) in [6.45, 7) is 3.53. The second-order valence-electron chi connectivity index (χ2n) is 3.34. The summed E-state index contributed by atoms with van der Waals surface area (Å²) in [4.78, 5) is 13.2. The molecular formula is C10H17NO3. The van der Waals surface area contributed by atoms with Crippen LogP contribution in [0.5, 0.6) is 0 Å². The first-order valence-corrected chi connectivity index (χ1v) is 4.75. The van der Waals surface area contributed by atoms with Crippen LogP contribution in [0, 0.1) is 0 Å². The third-order valence-corrected chi connectivity index (χ3v) is 2.31. The quantitative estimate of drug-likeness (QED) is 0.486. The van der Waals surface area contributed by atoms with E-state index in [1.54, 1.807) is 13.2 Å². The SMILES string of the molecule is COCCN1CC/C(=C/C(=O)OC)C1. The van der Waals surface area contributed by atoms with Crippen molar-refractivity contribution >= 4 is 5.97 Å². The van der Waals surface area contributed by atoms with Gasteiger partial charge in [0.2, 0.25) is 0 Å². The number of carbonyl (C=O) groups is 1. The van der Waals surface area contributed by atoms with Crippen LogP contribution in [0.2, 0.25) is 0 Å². The number of hydrogen-bond donors (Lipinski definition) is 0. The van der Waals surface area contributed by atoms with Crippen LogP contribution in [0.15, 0.2) is 11.6 Å². The van der Waals surface area contributed by atoms with Crippen molar-refractivity contribution in [3.8, 4) is 0 Å². The van der Waals surface area contributed by atoms with Crippen molar-refractivity contribution in [3.63, 3.8) is 0 Å². The predicted molar refractivity (Wildman–Crippen MR) is 53.0 cm³/mol. The molecule has 0 aliphatic carbocycles. The maximum absolute atomic E-state index is 10.9. The van der Waals surface area contributed by atoms with Crippen molar-refractivity contribution in [2.24, 2.45) is 0 Å². The van der Waals surface area contributed by atoms with Crippen molar-refractivity contribution in [2.45, 2.75) is 6.42 Å². The smallest absolute Gasteiger partial charge is 0.330 e. The van der Waals surface area contributed by atoms with Crippen molar-refractivity contribution in [3.05, 3.63) is 11.6 Å².